The van der Waals surface area contributed by atoms with Gasteiger partial charge >= 0.3 is 6.09 Å². The minimum absolute atomic E-state index is 0.729. The molecule has 0 spiro atoms. The molecule has 0 heterocycles. The minimum atomic E-state index is -0.933. The summed E-state index contributed by atoms with van der Waals surface area (Å²) in [6.07, 6.45) is -0.729. The second-order valence-electron chi connectivity index (χ2n) is 5.48. The van der Waals surface area contributed by atoms with Crippen molar-refractivity contribution < 1.29 is 9.53 Å². The largest absolute Gasteiger partial charge is 0.451 e. The number of rotatable bonds is 4. The van der Waals surface area contributed by atoms with E-state index in [1.807, 2.05) is 91.0 Å². The second kappa shape index (κ2) is 7.53. The standard InChI is InChI=1S/C21H18N2O2/c1-25-20(24)22-23-21(17-11-5-2-6-12-17,18-13-7-3-8-14-18)19-15-9-4-10-16-19/h2-16H,1H3. The maximum absolute atomic E-state index is 11.7. The first-order valence-electron chi connectivity index (χ1n) is 7.95. The van der Waals surface area contributed by atoms with Gasteiger partial charge in [-0.25, -0.2) is 4.79 Å². The van der Waals surface area contributed by atoms with E-state index in [1.165, 1.54) is 7.11 Å². The molecule has 3 rings (SSSR count). The SMILES string of the molecule is COC(=O)N=NC(c1ccccc1)(c1ccccc1)c1ccccc1. The topological polar surface area (TPSA) is 51.0 Å². The molecule has 0 radical (unpaired) electrons. The van der Waals surface area contributed by atoms with Crippen molar-refractivity contribution in [2.75, 3.05) is 7.11 Å². The molecule has 3 aromatic rings. The molecule has 0 fully saturated rings. The highest BCUT2D eigenvalue weighted by Gasteiger charge is 2.37. The Morgan fingerprint density at radius 2 is 1.08 bits per heavy atom. The molecule has 4 nitrogen and oxygen atoms in total. The zero-order valence-electron chi connectivity index (χ0n) is 13.9. The first-order valence-corrected chi connectivity index (χ1v) is 7.95. The minimum Gasteiger partial charge on any atom is -0.450 e. The van der Waals surface area contributed by atoms with Crippen molar-refractivity contribution in [1.82, 2.24) is 0 Å². The maximum Gasteiger partial charge on any atom is 0.451 e. The van der Waals surface area contributed by atoms with Gasteiger partial charge in [-0.3, -0.25) is 0 Å². The summed E-state index contributed by atoms with van der Waals surface area (Å²) in [5.74, 6) is 0. The second-order valence-corrected chi connectivity index (χ2v) is 5.48. The monoisotopic (exact) mass is 330 g/mol. The van der Waals surface area contributed by atoms with E-state index in [2.05, 4.69) is 15.0 Å². The number of hydrogen-bond donors (Lipinski definition) is 0. The van der Waals surface area contributed by atoms with Gasteiger partial charge in [0.25, 0.3) is 0 Å². The molecule has 0 saturated carbocycles. The van der Waals surface area contributed by atoms with Crippen LogP contribution in [0.1, 0.15) is 16.7 Å². The van der Waals surface area contributed by atoms with Crippen LogP contribution in [0.25, 0.3) is 0 Å². The first kappa shape index (κ1) is 16.6. The zero-order chi connectivity index (χ0) is 17.5. The van der Waals surface area contributed by atoms with E-state index in [4.69, 9.17) is 0 Å². The van der Waals surface area contributed by atoms with E-state index < -0.39 is 11.6 Å². The van der Waals surface area contributed by atoms with Crippen molar-refractivity contribution in [3.63, 3.8) is 0 Å². The van der Waals surface area contributed by atoms with Crippen LogP contribution >= 0.6 is 0 Å². The van der Waals surface area contributed by atoms with Gasteiger partial charge in [-0.05, 0) is 16.7 Å². The number of azo groups is 1. The summed E-state index contributed by atoms with van der Waals surface area (Å²) in [6, 6.07) is 29.4. The van der Waals surface area contributed by atoms with E-state index in [1.54, 1.807) is 0 Å². The molecule has 3 aromatic carbocycles. The maximum atomic E-state index is 11.7. The molecule has 0 saturated heterocycles. The molecule has 25 heavy (non-hydrogen) atoms. The fourth-order valence-corrected chi connectivity index (χ4v) is 2.87. The van der Waals surface area contributed by atoms with Crippen LogP contribution in [-0.4, -0.2) is 13.2 Å². The van der Waals surface area contributed by atoms with Crippen LogP contribution in [0.2, 0.25) is 0 Å². The van der Waals surface area contributed by atoms with E-state index in [0.29, 0.717) is 0 Å². The van der Waals surface area contributed by atoms with Gasteiger partial charge in [0.1, 0.15) is 0 Å². The lowest BCUT2D eigenvalue weighted by molar-refractivity contribution is 0.179. The fraction of sp³-hybridized carbons (Fsp3) is 0.0952. The van der Waals surface area contributed by atoms with Gasteiger partial charge in [0.2, 0.25) is 0 Å². The number of methoxy groups -OCH3 is 1. The van der Waals surface area contributed by atoms with Crippen LogP contribution in [0.4, 0.5) is 4.79 Å². The third kappa shape index (κ3) is 3.33. The molecule has 0 unspecified atom stereocenters. The lowest BCUT2D eigenvalue weighted by atomic mass is 9.78. The molecule has 1 amide bonds. The fourth-order valence-electron chi connectivity index (χ4n) is 2.87. The Morgan fingerprint density at radius 3 is 1.40 bits per heavy atom. The van der Waals surface area contributed by atoms with Gasteiger partial charge in [0.15, 0.2) is 5.54 Å². The van der Waals surface area contributed by atoms with Crippen LogP contribution in [0.15, 0.2) is 101 Å². The van der Waals surface area contributed by atoms with Crippen LogP contribution in [0, 0.1) is 0 Å². The van der Waals surface area contributed by atoms with Gasteiger partial charge in [0.05, 0.1) is 7.11 Å². The summed E-state index contributed by atoms with van der Waals surface area (Å²) in [4.78, 5) is 11.7. The van der Waals surface area contributed by atoms with Crippen LogP contribution < -0.4 is 0 Å². The number of carbonyl (C=O) groups excluding carboxylic acids is 1. The third-order valence-corrected chi connectivity index (χ3v) is 4.03. The highest BCUT2D eigenvalue weighted by molar-refractivity contribution is 5.67. The molecule has 4 heteroatoms. The van der Waals surface area contributed by atoms with Crippen molar-refractivity contribution >= 4 is 6.09 Å². The Kier molecular flexibility index (Phi) is 5.00. The molecule has 124 valence electrons. The van der Waals surface area contributed by atoms with Crippen molar-refractivity contribution in [1.29, 1.82) is 0 Å². The predicted molar refractivity (Wildman–Crippen MR) is 96.5 cm³/mol. The number of nitrogens with zero attached hydrogens (tertiary/aromatic N) is 2. The molecular formula is C21H18N2O2. The summed E-state index contributed by atoms with van der Waals surface area (Å²) in [6.45, 7) is 0. The zero-order valence-corrected chi connectivity index (χ0v) is 13.9. The smallest absolute Gasteiger partial charge is 0.450 e. The van der Waals surface area contributed by atoms with E-state index in [0.717, 1.165) is 16.7 Å². The molecule has 0 aliphatic carbocycles. The van der Waals surface area contributed by atoms with E-state index in [9.17, 15) is 4.79 Å². The number of benzene rings is 3. The summed E-state index contributed by atoms with van der Waals surface area (Å²) in [5, 5.41) is 8.30. The molecule has 0 aliphatic rings. The number of hydrogen-bond acceptors (Lipinski definition) is 3. The van der Waals surface area contributed by atoms with Gasteiger partial charge < -0.3 is 4.74 Å². The Bertz CT molecular complexity index is 750. The number of ether oxygens (including phenoxy) is 1. The van der Waals surface area contributed by atoms with Crippen molar-refractivity contribution in [2.45, 2.75) is 5.54 Å². The van der Waals surface area contributed by atoms with Gasteiger partial charge in [-0.15, -0.1) is 0 Å². The molecule has 0 aliphatic heterocycles. The van der Waals surface area contributed by atoms with Gasteiger partial charge in [-0.2, -0.15) is 5.11 Å². The predicted octanol–water partition coefficient (Wildman–Crippen LogP) is 5.20. The van der Waals surface area contributed by atoms with Crippen LogP contribution in [0.5, 0.6) is 0 Å². The highest BCUT2D eigenvalue weighted by atomic mass is 16.5. The quantitative estimate of drug-likeness (QED) is 0.488. The summed E-state index contributed by atoms with van der Waals surface area (Å²) >= 11 is 0. The van der Waals surface area contributed by atoms with Crippen LogP contribution in [0.3, 0.4) is 0 Å². The molecule has 0 atom stereocenters. The molecule has 0 bridgehead atoms. The lowest BCUT2D eigenvalue weighted by Gasteiger charge is -2.30. The van der Waals surface area contributed by atoms with Crippen molar-refractivity contribution in [3.05, 3.63) is 108 Å². The Labute approximate surface area is 146 Å². The summed E-state index contributed by atoms with van der Waals surface area (Å²) in [5.41, 5.74) is 1.82. The number of amides is 1. The average molecular weight is 330 g/mol. The van der Waals surface area contributed by atoms with Gasteiger partial charge in [0, 0.05) is 0 Å². The summed E-state index contributed by atoms with van der Waals surface area (Å²) < 4.78 is 4.65. The molecule has 0 N–H and O–H groups in total. The Morgan fingerprint density at radius 1 is 0.720 bits per heavy atom. The van der Waals surface area contributed by atoms with E-state index >= 15 is 0 Å². The normalized spacial score (nSPS) is 11.4. The first-order chi connectivity index (χ1) is 12.3. The van der Waals surface area contributed by atoms with Gasteiger partial charge in [-0.1, -0.05) is 96.1 Å². The van der Waals surface area contributed by atoms with Crippen molar-refractivity contribution in [3.8, 4) is 0 Å². The summed E-state index contributed by atoms with van der Waals surface area (Å²) in [7, 11) is 1.29. The Balaban J connectivity index is 2.31. The Hall–Kier alpha value is -3.27. The third-order valence-electron chi connectivity index (χ3n) is 4.03. The van der Waals surface area contributed by atoms with Crippen LogP contribution in [-0.2, 0) is 10.3 Å². The average Bonchev–Trinajstić information content (AvgIpc) is 2.71. The number of carbonyl (C=O) groups is 1. The molecular weight excluding hydrogens is 312 g/mol. The van der Waals surface area contributed by atoms with E-state index in [-0.39, 0.29) is 0 Å². The lowest BCUT2D eigenvalue weighted by Crippen LogP contribution is -2.27. The highest BCUT2D eigenvalue weighted by Crippen LogP contribution is 2.40. The van der Waals surface area contributed by atoms with Crippen molar-refractivity contribution in [2.24, 2.45) is 10.2 Å². The molecule has 0 aromatic heterocycles.